The van der Waals surface area contributed by atoms with E-state index in [9.17, 15) is 5.26 Å². The third-order valence-corrected chi connectivity index (χ3v) is 3.55. The molecule has 0 aliphatic carbocycles. The molecule has 2 N–H and O–H groups in total. The van der Waals surface area contributed by atoms with Crippen LogP contribution in [0.25, 0.3) is 0 Å². The highest BCUT2D eigenvalue weighted by molar-refractivity contribution is 5.55. The smallest absolute Gasteiger partial charge is 0.253 e. The normalized spacial score (nSPS) is 11.7. The number of nitrogens with zero attached hydrogens (tertiary/aromatic N) is 3. The van der Waals surface area contributed by atoms with Crippen LogP contribution in [0.2, 0.25) is 0 Å². The Bertz CT molecular complexity index is 688. The number of methoxy groups -OCH3 is 1. The first-order chi connectivity index (χ1) is 10.6. The molecule has 0 saturated heterocycles. The van der Waals surface area contributed by atoms with E-state index >= 15 is 0 Å². The SMILES string of the molecule is CC[C@H](C)n1nc(OCc2cccc(OC)c2)c(C#N)c1N. The van der Waals surface area contributed by atoms with Gasteiger partial charge in [-0.25, -0.2) is 4.68 Å². The van der Waals surface area contributed by atoms with Crippen LogP contribution in [0.1, 0.15) is 37.4 Å². The lowest BCUT2D eigenvalue weighted by Gasteiger charge is -2.10. The van der Waals surface area contributed by atoms with Crippen molar-refractivity contribution in [2.24, 2.45) is 0 Å². The monoisotopic (exact) mass is 300 g/mol. The standard InChI is InChI=1S/C16H20N4O2/c1-4-11(2)20-15(18)14(9-17)16(19-20)22-10-12-6-5-7-13(8-12)21-3/h5-8,11H,4,10,18H2,1-3H3/t11-/m0/s1. The molecule has 6 nitrogen and oxygen atoms in total. The van der Waals surface area contributed by atoms with E-state index in [-0.39, 0.29) is 17.5 Å². The minimum atomic E-state index is 0.112. The topological polar surface area (TPSA) is 86.1 Å². The Hall–Kier alpha value is -2.68. The van der Waals surface area contributed by atoms with Crippen LogP contribution in [0.5, 0.6) is 11.6 Å². The summed E-state index contributed by atoms with van der Waals surface area (Å²) in [4.78, 5) is 0. The number of hydrogen-bond donors (Lipinski definition) is 1. The van der Waals surface area contributed by atoms with Gasteiger partial charge in [0.2, 0.25) is 0 Å². The Labute approximate surface area is 130 Å². The Balaban J connectivity index is 2.20. The highest BCUT2D eigenvalue weighted by Gasteiger charge is 2.19. The molecule has 6 heteroatoms. The second kappa shape index (κ2) is 6.85. The minimum absolute atomic E-state index is 0.112. The third kappa shape index (κ3) is 3.14. The molecule has 0 bridgehead atoms. The fourth-order valence-electron chi connectivity index (χ4n) is 2.05. The van der Waals surface area contributed by atoms with E-state index in [0.717, 1.165) is 17.7 Å². The average molecular weight is 300 g/mol. The lowest BCUT2D eigenvalue weighted by atomic mass is 10.2. The molecule has 1 aromatic carbocycles. The Morgan fingerprint density at radius 2 is 2.23 bits per heavy atom. The Morgan fingerprint density at radius 1 is 1.45 bits per heavy atom. The molecule has 0 aliphatic rings. The summed E-state index contributed by atoms with van der Waals surface area (Å²) < 4.78 is 12.5. The van der Waals surface area contributed by atoms with Gasteiger partial charge in [-0.1, -0.05) is 19.1 Å². The molecule has 2 aromatic rings. The largest absolute Gasteiger partial charge is 0.497 e. The predicted octanol–water partition coefficient (Wildman–Crippen LogP) is 2.90. The summed E-state index contributed by atoms with van der Waals surface area (Å²) in [5.41, 5.74) is 7.19. The van der Waals surface area contributed by atoms with Crippen molar-refractivity contribution in [2.75, 3.05) is 12.8 Å². The van der Waals surface area contributed by atoms with Gasteiger partial charge in [0.15, 0.2) is 5.56 Å². The van der Waals surface area contributed by atoms with E-state index < -0.39 is 0 Å². The number of nitrogen functional groups attached to an aromatic ring is 1. The summed E-state index contributed by atoms with van der Waals surface area (Å²) in [7, 11) is 1.61. The molecule has 1 heterocycles. The van der Waals surface area contributed by atoms with Gasteiger partial charge in [-0.05, 0) is 31.0 Å². The van der Waals surface area contributed by atoms with E-state index in [1.807, 2.05) is 38.1 Å². The van der Waals surface area contributed by atoms with Gasteiger partial charge in [0, 0.05) is 0 Å². The number of hydrogen-bond acceptors (Lipinski definition) is 5. The quantitative estimate of drug-likeness (QED) is 0.886. The summed E-state index contributed by atoms with van der Waals surface area (Å²) in [6.07, 6.45) is 0.867. The van der Waals surface area contributed by atoms with Crippen LogP contribution in [0.4, 0.5) is 5.82 Å². The zero-order chi connectivity index (χ0) is 16.1. The Morgan fingerprint density at radius 3 is 2.86 bits per heavy atom. The summed E-state index contributed by atoms with van der Waals surface area (Å²) in [5, 5.41) is 13.6. The van der Waals surface area contributed by atoms with E-state index in [1.54, 1.807) is 11.8 Å². The van der Waals surface area contributed by atoms with Crippen molar-refractivity contribution in [3.05, 3.63) is 35.4 Å². The van der Waals surface area contributed by atoms with Crippen LogP contribution in [-0.4, -0.2) is 16.9 Å². The molecule has 0 amide bonds. The van der Waals surface area contributed by atoms with Gasteiger partial charge < -0.3 is 15.2 Å². The Kier molecular flexibility index (Phi) is 4.89. The fourth-order valence-corrected chi connectivity index (χ4v) is 2.05. The molecular weight excluding hydrogens is 280 g/mol. The molecule has 0 radical (unpaired) electrons. The van der Waals surface area contributed by atoms with E-state index in [1.165, 1.54) is 0 Å². The van der Waals surface area contributed by atoms with Gasteiger partial charge in [0.05, 0.1) is 13.2 Å². The van der Waals surface area contributed by atoms with Crippen LogP contribution in [0.15, 0.2) is 24.3 Å². The van der Waals surface area contributed by atoms with E-state index in [4.69, 9.17) is 15.2 Å². The first-order valence-electron chi connectivity index (χ1n) is 7.14. The van der Waals surface area contributed by atoms with Gasteiger partial charge in [0.25, 0.3) is 5.88 Å². The van der Waals surface area contributed by atoms with E-state index in [2.05, 4.69) is 11.2 Å². The average Bonchev–Trinajstić information content (AvgIpc) is 2.88. The summed E-state index contributed by atoms with van der Waals surface area (Å²) in [6.45, 7) is 4.33. The molecule has 1 atom stereocenters. The number of ether oxygens (including phenoxy) is 2. The molecule has 116 valence electrons. The van der Waals surface area contributed by atoms with Gasteiger partial charge in [-0.2, -0.15) is 5.26 Å². The van der Waals surface area contributed by atoms with Crippen molar-refractivity contribution in [3.8, 4) is 17.7 Å². The number of aromatic nitrogens is 2. The maximum absolute atomic E-state index is 9.26. The van der Waals surface area contributed by atoms with Crippen LogP contribution in [0.3, 0.4) is 0 Å². The lowest BCUT2D eigenvalue weighted by molar-refractivity contribution is 0.285. The number of rotatable bonds is 6. The van der Waals surface area contributed by atoms with Crippen LogP contribution < -0.4 is 15.2 Å². The van der Waals surface area contributed by atoms with Crippen molar-refractivity contribution < 1.29 is 9.47 Å². The molecule has 22 heavy (non-hydrogen) atoms. The van der Waals surface area contributed by atoms with Gasteiger partial charge >= 0.3 is 0 Å². The highest BCUT2D eigenvalue weighted by atomic mass is 16.5. The first-order valence-corrected chi connectivity index (χ1v) is 7.14. The van der Waals surface area contributed by atoms with Crippen molar-refractivity contribution in [1.29, 1.82) is 5.26 Å². The van der Waals surface area contributed by atoms with Gasteiger partial charge in [0.1, 0.15) is 24.2 Å². The lowest BCUT2D eigenvalue weighted by Crippen LogP contribution is -2.09. The summed E-state index contributed by atoms with van der Waals surface area (Å²) >= 11 is 0. The molecule has 0 spiro atoms. The molecule has 2 rings (SSSR count). The number of nitrogens with two attached hydrogens (primary N) is 1. The number of benzene rings is 1. The zero-order valence-electron chi connectivity index (χ0n) is 13.0. The third-order valence-electron chi connectivity index (χ3n) is 3.55. The molecule has 0 aliphatic heterocycles. The molecular formula is C16H20N4O2. The minimum Gasteiger partial charge on any atom is -0.497 e. The van der Waals surface area contributed by atoms with Crippen LogP contribution in [-0.2, 0) is 6.61 Å². The van der Waals surface area contributed by atoms with Gasteiger partial charge in [-0.15, -0.1) is 5.10 Å². The molecule has 0 saturated carbocycles. The van der Waals surface area contributed by atoms with Crippen LogP contribution >= 0.6 is 0 Å². The second-order valence-electron chi connectivity index (χ2n) is 5.02. The number of nitriles is 1. The predicted molar refractivity (Wildman–Crippen MR) is 83.7 cm³/mol. The van der Waals surface area contributed by atoms with E-state index in [0.29, 0.717) is 12.4 Å². The van der Waals surface area contributed by atoms with Crippen molar-refractivity contribution in [1.82, 2.24) is 9.78 Å². The zero-order valence-corrected chi connectivity index (χ0v) is 13.0. The van der Waals surface area contributed by atoms with Gasteiger partial charge in [-0.3, -0.25) is 0 Å². The second-order valence-corrected chi connectivity index (χ2v) is 5.02. The number of anilines is 1. The summed E-state index contributed by atoms with van der Waals surface area (Å²) in [5.74, 6) is 1.37. The summed E-state index contributed by atoms with van der Waals surface area (Å²) in [6, 6.07) is 9.72. The fraction of sp³-hybridized carbons (Fsp3) is 0.375. The first kappa shape index (κ1) is 15.7. The molecule has 0 fully saturated rings. The maximum atomic E-state index is 9.26. The molecule has 0 unspecified atom stereocenters. The highest BCUT2D eigenvalue weighted by Crippen LogP contribution is 2.27. The van der Waals surface area contributed by atoms with Crippen molar-refractivity contribution in [2.45, 2.75) is 32.9 Å². The maximum Gasteiger partial charge on any atom is 0.253 e. The van der Waals surface area contributed by atoms with Crippen molar-refractivity contribution >= 4 is 5.82 Å². The van der Waals surface area contributed by atoms with Crippen molar-refractivity contribution in [3.63, 3.8) is 0 Å². The van der Waals surface area contributed by atoms with Crippen LogP contribution in [0, 0.1) is 11.3 Å². The molecule has 1 aromatic heterocycles.